The second-order valence-corrected chi connectivity index (χ2v) is 9.31. The number of rotatable bonds is 6. The monoisotopic (exact) mass is 464 g/mol. The number of nitriles is 1. The molecule has 0 radical (unpaired) electrons. The van der Waals surface area contributed by atoms with Crippen molar-refractivity contribution in [1.29, 1.82) is 5.26 Å². The third-order valence-electron chi connectivity index (χ3n) is 5.74. The van der Waals surface area contributed by atoms with Gasteiger partial charge in [0.15, 0.2) is 5.78 Å². The summed E-state index contributed by atoms with van der Waals surface area (Å²) in [6, 6.07) is 16.7. The predicted molar refractivity (Wildman–Crippen MR) is 125 cm³/mol. The van der Waals surface area contributed by atoms with Gasteiger partial charge in [-0.25, -0.2) is 0 Å². The first-order valence-electron chi connectivity index (χ1n) is 10.7. The molecule has 33 heavy (non-hydrogen) atoms. The van der Waals surface area contributed by atoms with E-state index in [-0.39, 0.29) is 22.7 Å². The third kappa shape index (κ3) is 4.84. The number of benzene rings is 2. The molecule has 1 atom stereocenters. The Balaban J connectivity index is 1.49. The molecule has 170 valence electrons. The van der Waals surface area contributed by atoms with Crippen molar-refractivity contribution in [2.75, 3.05) is 13.2 Å². The van der Waals surface area contributed by atoms with E-state index in [2.05, 4.69) is 6.07 Å². The van der Waals surface area contributed by atoms with Crippen molar-refractivity contribution < 1.29 is 19.0 Å². The number of ether oxygens (including phenoxy) is 3. The van der Waals surface area contributed by atoms with Crippen molar-refractivity contribution in [2.24, 2.45) is 11.1 Å². The van der Waals surface area contributed by atoms with Gasteiger partial charge in [0.25, 0.3) is 0 Å². The first kappa shape index (κ1) is 22.8. The Morgan fingerprint density at radius 3 is 2.52 bits per heavy atom. The van der Waals surface area contributed by atoms with E-state index in [1.165, 1.54) is 0 Å². The molecule has 0 aromatic heterocycles. The van der Waals surface area contributed by atoms with E-state index in [4.69, 9.17) is 31.5 Å². The Morgan fingerprint density at radius 2 is 1.82 bits per heavy atom. The summed E-state index contributed by atoms with van der Waals surface area (Å²) in [4.78, 5) is 13.0. The van der Waals surface area contributed by atoms with Crippen molar-refractivity contribution in [3.63, 3.8) is 0 Å². The lowest BCUT2D eigenvalue weighted by Gasteiger charge is -2.37. The van der Waals surface area contributed by atoms with Gasteiger partial charge in [-0.3, -0.25) is 4.79 Å². The van der Waals surface area contributed by atoms with Gasteiger partial charge in [0.1, 0.15) is 42.1 Å². The van der Waals surface area contributed by atoms with Crippen LogP contribution in [0.15, 0.2) is 71.3 Å². The molecular formula is C26H25ClN2O4. The molecule has 4 rings (SSSR count). The van der Waals surface area contributed by atoms with Gasteiger partial charge in [-0.2, -0.15) is 5.26 Å². The molecule has 1 heterocycles. The molecule has 1 unspecified atom stereocenters. The molecule has 1 aliphatic carbocycles. The Labute approximate surface area is 198 Å². The number of hydrogen-bond acceptors (Lipinski definition) is 6. The highest BCUT2D eigenvalue weighted by molar-refractivity contribution is 6.32. The number of carbonyl (C=O) groups is 1. The molecule has 0 bridgehead atoms. The number of allylic oxidation sites excluding steroid dienone is 3. The van der Waals surface area contributed by atoms with Crippen LogP contribution in [-0.2, 0) is 9.53 Å². The predicted octanol–water partition coefficient (Wildman–Crippen LogP) is 5.25. The van der Waals surface area contributed by atoms with Crippen LogP contribution in [-0.4, -0.2) is 19.0 Å². The molecule has 2 aromatic rings. The summed E-state index contributed by atoms with van der Waals surface area (Å²) in [5.74, 6) is 1.33. The van der Waals surface area contributed by atoms with Crippen LogP contribution in [0.5, 0.6) is 11.5 Å². The largest absolute Gasteiger partial charge is 0.490 e. The first-order valence-corrected chi connectivity index (χ1v) is 11.1. The topological polar surface area (TPSA) is 94.6 Å². The van der Waals surface area contributed by atoms with Gasteiger partial charge in [0, 0.05) is 18.4 Å². The number of para-hydroxylation sites is 1. The summed E-state index contributed by atoms with van der Waals surface area (Å²) in [7, 11) is 0. The molecular weight excluding hydrogens is 440 g/mol. The fourth-order valence-electron chi connectivity index (χ4n) is 4.25. The van der Waals surface area contributed by atoms with Crippen LogP contribution < -0.4 is 15.2 Å². The van der Waals surface area contributed by atoms with Gasteiger partial charge in [-0.05, 0) is 35.2 Å². The summed E-state index contributed by atoms with van der Waals surface area (Å²) in [6.45, 7) is 4.72. The van der Waals surface area contributed by atoms with Crippen molar-refractivity contribution in [1.82, 2.24) is 0 Å². The van der Waals surface area contributed by atoms with Gasteiger partial charge >= 0.3 is 0 Å². The van der Waals surface area contributed by atoms with E-state index in [0.717, 1.165) is 5.56 Å². The quantitative estimate of drug-likeness (QED) is 0.587. The van der Waals surface area contributed by atoms with E-state index in [0.29, 0.717) is 53.9 Å². The smallest absolute Gasteiger partial charge is 0.205 e. The molecule has 2 N–H and O–H groups in total. The minimum Gasteiger partial charge on any atom is -0.490 e. The van der Waals surface area contributed by atoms with Crippen LogP contribution in [0, 0.1) is 16.7 Å². The zero-order valence-corrected chi connectivity index (χ0v) is 19.3. The lowest BCUT2D eigenvalue weighted by atomic mass is 9.70. The number of carbonyl (C=O) groups excluding carboxylic acids is 1. The van der Waals surface area contributed by atoms with Crippen molar-refractivity contribution in [2.45, 2.75) is 32.6 Å². The molecule has 0 spiro atoms. The third-order valence-corrected chi connectivity index (χ3v) is 6.05. The molecule has 0 amide bonds. The maximum Gasteiger partial charge on any atom is 0.205 e. The Hall–Kier alpha value is -3.43. The van der Waals surface area contributed by atoms with Crippen LogP contribution in [0.3, 0.4) is 0 Å². The summed E-state index contributed by atoms with van der Waals surface area (Å²) in [6.07, 6.45) is 0.994. The molecule has 2 aromatic carbocycles. The average Bonchev–Trinajstić information content (AvgIpc) is 2.76. The van der Waals surface area contributed by atoms with Gasteiger partial charge in [-0.1, -0.05) is 49.7 Å². The van der Waals surface area contributed by atoms with Gasteiger partial charge in [0.05, 0.1) is 10.9 Å². The average molecular weight is 465 g/mol. The number of nitrogens with zero attached hydrogens (tertiary/aromatic N) is 1. The summed E-state index contributed by atoms with van der Waals surface area (Å²) in [5, 5.41) is 10.3. The van der Waals surface area contributed by atoms with Crippen LogP contribution >= 0.6 is 11.6 Å². The fourth-order valence-corrected chi connectivity index (χ4v) is 4.44. The van der Waals surface area contributed by atoms with Crippen LogP contribution in [0.2, 0.25) is 5.02 Å². The molecule has 2 aliphatic rings. The first-order chi connectivity index (χ1) is 15.8. The molecule has 1 aliphatic heterocycles. The Morgan fingerprint density at radius 1 is 1.12 bits per heavy atom. The number of halogens is 1. The number of Topliss-reactive ketones (excluding diaryl/α,β-unsaturated/α-hetero) is 1. The van der Waals surface area contributed by atoms with Crippen LogP contribution in [0.25, 0.3) is 0 Å². The summed E-state index contributed by atoms with van der Waals surface area (Å²) < 4.78 is 17.1. The highest BCUT2D eigenvalue weighted by Crippen LogP contribution is 2.47. The van der Waals surface area contributed by atoms with Crippen molar-refractivity contribution >= 4 is 17.4 Å². The second kappa shape index (κ2) is 9.21. The van der Waals surface area contributed by atoms with E-state index in [1.807, 2.05) is 50.2 Å². The van der Waals surface area contributed by atoms with Gasteiger partial charge in [-0.15, -0.1) is 0 Å². The lowest BCUT2D eigenvalue weighted by molar-refractivity contribution is -0.119. The standard InChI is InChI=1S/C26H25ClN2O4/c1-26(2)13-20(30)24-22(14-26)33-25(29)18(15-28)23(24)16-7-9-17(10-8-16)31-11-12-32-21-6-4-3-5-19(21)27/h3-10,23H,11-14,29H2,1-2H3. The van der Waals surface area contributed by atoms with Crippen LogP contribution in [0.1, 0.15) is 38.2 Å². The zero-order chi connectivity index (χ0) is 23.6. The maximum absolute atomic E-state index is 13.0. The van der Waals surface area contributed by atoms with E-state index in [1.54, 1.807) is 12.1 Å². The Kier molecular flexibility index (Phi) is 6.35. The zero-order valence-electron chi connectivity index (χ0n) is 18.6. The molecule has 6 nitrogen and oxygen atoms in total. The van der Waals surface area contributed by atoms with E-state index < -0.39 is 5.92 Å². The number of hydrogen-bond donors (Lipinski definition) is 1. The molecule has 0 saturated heterocycles. The lowest BCUT2D eigenvalue weighted by Crippen LogP contribution is -2.33. The minimum absolute atomic E-state index is 0.0106. The highest BCUT2D eigenvalue weighted by atomic mass is 35.5. The number of nitrogens with two attached hydrogens (primary N) is 1. The number of ketones is 1. The minimum atomic E-state index is -0.542. The highest BCUT2D eigenvalue weighted by Gasteiger charge is 2.42. The molecule has 0 saturated carbocycles. The molecule has 0 fully saturated rings. The van der Waals surface area contributed by atoms with Crippen molar-refractivity contribution in [3.05, 3.63) is 81.9 Å². The van der Waals surface area contributed by atoms with Gasteiger partial charge < -0.3 is 19.9 Å². The van der Waals surface area contributed by atoms with Crippen molar-refractivity contribution in [3.8, 4) is 17.6 Å². The van der Waals surface area contributed by atoms with Crippen LogP contribution in [0.4, 0.5) is 0 Å². The Bertz CT molecular complexity index is 1180. The van der Waals surface area contributed by atoms with Gasteiger partial charge in [0.2, 0.25) is 5.88 Å². The second-order valence-electron chi connectivity index (χ2n) is 8.90. The normalized spacial score (nSPS) is 19.5. The summed E-state index contributed by atoms with van der Waals surface area (Å²) >= 11 is 6.08. The fraction of sp³-hybridized carbons (Fsp3) is 0.308. The SMILES string of the molecule is CC1(C)CC(=O)C2=C(C1)OC(N)=C(C#N)C2c1ccc(OCCOc2ccccc2Cl)cc1. The van der Waals surface area contributed by atoms with E-state index in [9.17, 15) is 10.1 Å². The maximum atomic E-state index is 13.0. The molecule has 7 heteroatoms. The van der Waals surface area contributed by atoms with E-state index >= 15 is 0 Å². The summed E-state index contributed by atoms with van der Waals surface area (Å²) in [5.41, 5.74) is 7.43.